The summed E-state index contributed by atoms with van der Waals surface area (Å²) in [7, 11) is 0. The molecule has 11 aromatic rings. The molecule has 0 fully saturated rings. The lowest BCUT2D eigenvalue weighted by molar-refractivity contribution is 1.22. The smallest absolute Gasteiger partial charge is 0.252 e. The predicted molar refractivity (Wildman–Crippen MR) is 283 cm³/mol. The monoisotopic (exact) mass is 877 g/mol. The first kappa shape index (κ1) is 38.8. The van der Waals surface area contributed by atoms with Gasteiger partial charge in [0.1, 0.15) is 5.01 Å². The van der Waals surface area contributed by atoms with Crippen LogP contribution >= 0.6 is 23.1 Å². The Morgan fingerprint density at radius 2 is 1.05 bits per heavy atom. The van der Waals surface area contributed by atoms with Crippen LogP contribution in [0.3, 0.4) is 0 Å². The summed E-state index contributed by atoms with van der Waals surface area (Å²) in [6.45, 7) is 2.18. The fourth-order valence-corrected chi connectivity index (χ4v) is 12.2. The molecule has 0 unspecified atom stereocenters. The second-order valence-electron chi connectivity index (χ2n) is 17.1. The zero-order valence-corrected chi connectivity index (χ0v) is 37.7. The van der Waals surface area contributed by atoms with Gasteiger partial charge in [0.05, 0.1) is 21.6 Å². The highest BCUT2D eigenvalue weighted by atomic mass is 32.2. The van der Waals surface area contributed by atoms with Gasteiger partial charge in [-0.3, -0.25) is 0 Å². The Labute approximate surface area is 393 Å². The SMILES string of the molecule is Cc1ccc2c(c1)B1c3cc(-c4ccccc4)ccc3N(c3ccccc3-c3cccc4ccccc34)c3cc(Sc4ccccc4)cc(c31)N2c1ccccc1-c1nc2ccccc2s1. The second-order valence-corrected chi connectivity index (χ2v) is 19.3. The van der Waals surface area contributed by atoms with Crippen LogP contribution in [0.25, 0.3) is 53.8 Å². The number of fused-ring (bicyclic) bond motifs is 6. The molecule has 1 aromatic heterocycles. The predicted octanol–water partition coefficient (Wildman–Crippen LogP) is 15.0. The van der Waals surface area contributed by atoms with E-state index in [4.69, 9.17) is 4.98 Å². The van der Waals surface area contributed by atoms with Crippen molar-refractivity contribution in [3.63, 3.8) is 0 Å². The molecule has 0 saturated carbocycles. The van der Waals surface area contributed by atoms with E-state index in [-0.39, 0.29) is 6.71 Å². The molecule has 0 bridgehead atoms. The maximum atomic E-state index is 5.26. The number of nitrogens with zero attached hydrogens (tertiary/aromatic N) is 3. The van der Waals surface area contributed by atoms with Crippen LogP contribution in [0.1, 0.15) is 5.56 Å². The van der Waals surface area contributed by atoms with Crippen LogP contribution in [0.15, 0.2) is 234 Å². The number of hydrogen-bond acceptors (Lipinski definition) is 5. The van der Waals surface area contributed by atoms with E-state index in [0.717, 1.165) is 27.5 Å². The van der Waals surface area contributed by atoms with Gasteiger partial charge in [-0.25, -0.2) is 4.98 Å². The molecule has 2 aliphatic heterocycles. The second kappa shape index (κ2) is 15.8. The summed E-state index contributed by atoms with van der Waals surface area (Å²) in [5, 5.41) is 3.47. The Balaban J connectivity index is 1.14. The van der Waals surface area contributed by atoms with E-state index < -0.39 is 0 Å². The molecular weight excluding hydrogens is 838 g/mol. The third-order valence-corrected chi connectivity index (χ3v) is 15.2. The van der Waals surface area contributed by atoms with E-state index in [1.54, 1.807) is 11.3 Å². The average Bonchev–Trinajstić information content (AvgIpc) is 3.81. The van der Waals surface area contributed by atoms with Gasteiger partial charge in [0, 0.05) is 43.7 Å². The van der Waals surface area contributed by atoms with Crippen molar-refractivity contribution in [1.29, 1.82) is 0 Å². The summed E-state index contributed by atoms with van der Waals surface area (Å²) < 4.78 is 1.18. The number of anilines is 6. The molecule has 0 spiro atoms. The maximum Gasteiger partial charge on any atom is 0.252 e. The highest BCUT2D eigenvalue weighted by Crippen LogP contribution is 2.51. The fraction of sp³-hybridized carbons (Fsp3) is 0.0167. The normalized spacial score (nSPS) is 12.6. The molecule has 0 aliphatic carbocycles. The van der Waals surface area contributed by atoms with Crippen molar-refractivity contribution < 1.29 is 0 Å². The number of para-hydroxylation sites is 3. The maximum absolute atomic E-state index is 5.26. The van der Waals surface area contributed by atoms with Gasteiger partial charge in [0.15, 0.2) is 0 Å². The highest BCUT2D eigenvalue weighted by molar-refractivity contribution is 7.99. The van der Waals surface area contributed by atoms with Crippen LogP contribution < -0.4 is 26.2 Å². The number of aryl methyl sites for hydroxylation is 1. The van der Waals surface area contributed by atoms with Gasteiger partial charge in [-0.05, 0) is 118 Å². The molecule has 0 radical (unpaired) electrons. The number of hydrogen-bond donors (Lipinski definition) is 0. The summed E-state index contributed by atoms with van der Waals surface area (Å²) in [5.74, 6) is 0. The highest BCUT2D eigenvalue weighted by Gasteiger charge is 2.44. The Morgan fingerprint density at radius 1 is 0.439 bits per heavy atom. The molecule has 0 atom stereocenters. The van der Waals surface area contributed by atoms with Crippen LogP contribution in [0.2, 0.25) is 0 Å². The van der Waals surface area contributed by atoms with E-state index in [2.05, 4.69) is 241 Å². The topological polar surface area (TPSA) is 19.4 Å². The first-order chi connectivity index (χ1) is 32.6. The summed E-state index contributed by atoms with van der Waals surface area (Å²) in [4.78, 5) is 12.7. The molecule has 310 valence electrons. The van der Waals surface area contributed by atoms with Crippen LogP contribution in [-0.2, 0) is 0 Å². The van der Waals surface area contributed by atoms with Gasteiger partial charge in [-0.2, -0.15) is 0 Å². The first-order valence-electron chi connectivity index (χ1n) is 22.5. The van der Waals surface area contributed by atoms with Crippen molar-refractivity contribution in [1.82, 2.24) is 4.98 Å². The molecule has 2 aliphatic rings. The van der Waals surface area contributed by atoms with Crippen LogP contribution in [0.4, 0.5) is 34.1 Å². The largest absolute Gasteiger partial charge is 0.311 e. The number of thiazole rings is 1. The summed E-state index contributed by atoms with van der Waals surface area (Å²) in [5.41, 5.74) is 19.0. The molecule has 10 aromatic carbocycles. The minimum absolute atomic E-state index is 0.0498. The van der Waals surface area contributed by atoms with Crippen molar-refractivity contribution >= 4 is 101 Å². The van der Waals surface area contributed by atoms with Gasteiger partial charge in [0.2, 0.25) is 0 Å². The Bertz CT molecular complexity index is 3640. The lowest BCUT2D eigenvalue weighted by atomic mass is 9.33. The van der Waals surface area contributed by atoms with Crippen molar-refractivity contribution in [2.75, 3.05) is 9.80 Å². The number of aromatic nitrogens is 1. The van der Waals surface area contributed by atoms with Gasteiger partial charge in [0.25, 0.3) is 6.71 Å². The average molecular weight is 878 g/mol. The summed E-state index contributed by atoms with van der Waals surface area (Å²) in [6.07, 6.45) is 0. The van der Waals surface area contributed by atoms with Crippen molar-refractivity contribution in [3.05, 3.63) is 230 Å². The fourth-order valence-electron chi connectivity index (χ4n) is 10.3. The molecule has 6 heteroatoms. The molecular formula is C60H40BN3S2. The molecule has 3 heterocycles. The van der Waals surface area contributed by atoms with Crippen LogP contribution in [-0.4, -0.2) is 11.7 Å². The summed E-state index contributed by atoms with van der Waals surface area (Å²) in [6, 6.07) is 82.5. The standard InChI is InChI=1S/C60H40BN3S2/c1-39-31-33-54-49(35-39)61-50-36-42(40-17-4-2-5-18-40)32-34-55(50)63(52-28-13-10-24-47(52)46-26-16-20-41-19-8-9-23-45(41)46)56-37-44(65-43-21-6-3-7-22-43)38-57(59(56)61)64(54)53-29-14-11-25-48(53)60-62-51-27-12-15-30-58(51)66-60/h2-38H,1H3. The van der Waals surface area contributed by atoms with Crippen molar-refractivity contribution in [3.8, 4) is 32.8 Å². The molecule has 0 N–H and O–H groups in total. The number of rotatable bonds is 7. The zero-order valence-electron chi connectivity index (χ0n) is 36.1. The van der Waals surface area contributed by atoms with Gasteiger partial charge in [-0.15, -0.1) is 11.3 Å². The Hall–Kier alpha value is -7.64. The first-order valence-corrected chi connectivity index (χ1v) is 24.1. The minimum Gasteiger partial charge on any atom is -0.311 e. The van der Waals surface area contributed by atoms with Crippen LogP contribution in [0, 0.1) is 6.92 Å². The third-order valence-electron chi connectivity index (χ3n) is 13.2. The van der Waals surface area contributed by atoms with E-state index in [1.165, 1.54) is 92.2 Å². The van der Waals surface area contributed by atoms with E-state index in [9.17, 15) is 0 Å². The van der Waals surface area contributed by atoms with Gasteiger partial charge >= 0.3 is 0 Å². The van der Waals surface area contributed by atoms with E-state index >= 15 is 0 Å². The number of benzene rings is 10. The van der Waals surface area contributed by atoms with Crippen molar-refractivity contribution in [2.24, 2.45) is 0 Å². The molecule has 66 heavy (non-hydrogen) atoms. The molecule has 3 nitrogen and oxygen atoms in total. The lowest BCUT2D eigenvalue weighted by Crippen LogP contribution is -2.61. The van der Waals surface area contributed by atoms with Crippen molar-refractivity contribution in [2.45, 2.75) is 16.7 Å². The zero-order chi connectivity index (χ0) is 43.7. The third kappa shape index (κ3) is 6.40. The molecule has 0 saturated heterocycles. The molecule has 0 amide bonds. The quantitative estimate of drug-likeness (QED) is 0.149. The van der Waals surface area contributed by atoms with E-state index in [0.29, 0.717) is 0 Å². The Kier molecular flexibility index (Phi) is 9.29. The summed E-state index contributed by atoms with van der Waals surface area (Å²) >= 11 is 3.57. The lowest BCUT2D eigenvalue weighted by Gasteiger charge is -2.45. The van der Waals surface area contributed by atoms with E-state index in [1.807, 2.05) is 11.8 Å². The van der Waals surface area contributed by atoms with Gasteiger partial charge in [-0.1, -0.05) is 175 Å². The molecule has 13 rings (SSSR count). The van der Waals surface area contributed by atoms with Gasteiger partial charge < -0.3 is 9.80 Å². The Morgan fingerprint density at radius 3 is 1.83 bits per heavy atom. The minimum atomic E-state index is -0.0498. The van der Waals surface area contributed by atoms with Crippen LogP contribution in [0.5, 0.6) is 0 Å².